The van der Waals surface area contributed by atoms with Crippen molar-refractivity contribution in [1.29, 1.82) is 0 Å². The molecule has 3 heteroatoms. The molecule has 0 saturated carbocycles. The fourth-order valence-corrected chi connectivity index (χ4v) is 5.46. The summed E-state index contributed by atoms with van der Waals surface area (Å²) in [6, 6.07) is 0. The molecule has 0 N–H and O–H groups in total. The molecular weight excluding hydrogens is 311 g/mol. The molecule has 0 nitrogen and oxygen atoms in total. The zero-order valence-electron chi connectivity index (χ0n) is 12.7. The number of allylic oxidation sites excluding steroid dienone is 8. The van der Waals surface area contributed by atoms with Gasteiger partial charge in [0.2, 0.25) is 0 Å². The molecule has 0 bridgehead atoms. The maximum Gasteiger partial charge on any atom is -1.00 e. The van der Waals surface area contributed by atoms with Crippen molar-refractivity contribution in [1.82, 2.24) is 0 Å². The summed E-state index contributed by atoms with van der Waals surface area (Å²) >= 11 is -0.0443. The third kappa shape index (κ3) is 3.67. The standard InChI is InChI=1S/2C8H11.2ClH.Ti/c2*1-6-4-5-7(2)8(6)3;;;/h2*4H2,1-3H3;2*1H;/q;;;;+2/p-2. The van der Waals surface area contributed by atoms with Crippen molar-refractivity contribution in [3.63, 3.8) is 0 Å². The number of rotatable bonds is 2. The molecule has 0 aromatic rings. The summed E-state index contributed by atoms with van der Waals surface area (Å²) in [5.41, 5.74) is 9.51. The molecule has 19 heavy (non-hydrogen) atoms. The summed E-state index contributed by atoms with van der Waals surface area (Å²) in [6.45, 7) is 13.8. The van der Waals surface area contributed by atoms with Crippen LogP contribution in [0.25, 0.3) is 0 Å². The Labute approximate surface area is 139 Å². The average Bonchev–Trinajstić information content (AvgIpc) is 2.66. The molecule has 0 amide bonds. The van der Waals surface area contributed by atoms with Gasteiger partial charge >= 0.3 is 115 Å². The monoisotopic (exact) mass is 332 g/mol. The summed E-state index contributed by atoms with van der Waals surface area (Å²) in [6.07, 6.45) is 2.51. The van der Waals surface area contributed by atoms with Crippen molar-refractivity contribution >= 4 is 0 Å². The van der Waals surface area contributed by atoms with Crippen LogP contribution in [0.3, 0.4) is 0 Å². The topological polar surface area (TPSA) is 0 Å². The first-order valence-electron chi connectivity index (χ1n) is 6.41. The Morgan fingerprint density at radius 3 is 1.11 bits per heavy atom. The van der Waals surface area contributed by atoms with Crippen LogP contribution in [0, 0.1) is 0 Å². The first-order chi connectivity index (χ1) is 7.91. The van der Waals surface area contributed by atoms with Gasteiger partial charge in [-0.25, -0.2) is 0 Å². The van der Waals surface area contributed by atoms with E-state index in [1.165, 1.54) is 12.8 Å². The Hall–Kier alpha value is 0.254. The van der Waals surface area contributed by atoms with Gasteiger partial charge in [0.1, 0.15) is 0 Å². The van der Waals surface area contributed by atoms with Crippen LogP contribution in [0.4, 0.5) is 0 Å². The largest absolute Gasteiger partial charge is 1.00 e. The quantitative estimate of drug-likeness (QED) is 0.575. The van der Waals surface area contributed by atoms with Gasteiger partial charge in [-0.2, -0.15) is 0 Å². The minimum atomic E-state index is -0.0443. The number of hydrogen-bond donors (Lipinski definition) is 0. The Morgan fingerprint density at radius 2 is 0.895 bits per heavy atom. The number of halogens is 2. The predicted molar refractivity (Wildman–Crippen MR) is 71.4 cm³/mol. The van der Waals surface area contributed by atoms with Crippen LogP contribution in [0.15, 0.2) is 41.2 Å². The molecule has 0 heterocycles. The van der Waals surface area contributed by atoms with Gasteiger partial charge < -0.3 is 24.8 Å². The average molecular weight is 333 g/mol. The van der Waals surface area contributed by atoms with E-state index in [9.17, 15) is 0 Å². The molecule has 0 unspecified atom stereocenters. The summed E-state index contributed by atoms with van der Waals surface area (Å²) in [5.74, 6) is 0. The van der Waals surface area contributed by atoms with Gasteiger partial charge in [0.25, 0.3) is 0 Å². The van der Waals surface area contributed by atoms with Gasteiger partial charge in [0.15, 0.2) is 0 Å². The van der Waals surface area contributed by atoms with Crippen LogP contribution < -0.4 is 24.8 Å². The molecule has 2 aliphatic carbocycles. The van der Waals surface area contributed by atoms with E-state index < -0.39 is 0 Å². The molecule has 0 aromatic heterocycles. The summed E-state index contributed by atoms with van der Waals surface area (Å²) in [7, 11) is 0. The van der Waals surface area contributed by atoms with E-state index in [1.54, 1.807) is 41.2 Å². The Kier molecular flexibility index (Phi) is 7.41. The van der Waals surface area contributed by atoms with E-state index >= 15 is 0 Å². The third-order valence-electron chi connectivity index (χ3n) is 4.50. The van der Waals surface area contributed by atoms with Gasteiger partial charge in [0.05, 0.1) is 0 Å². The van der Waals surface area contributed by atoms with Gasteiger partial charge in [0, 0.05) is 0 Å². The van der Waals surface area contributed by atoms with Crippen molar-refractivity contribution < 1.29 is 44.0 Å². The fourth-order valence-electron chi connectivity index (χ4n) is 2.61. The molecule has 104 valence electrons. The van der Waals surface area contributed by atoms with Crippen LogP contribution in [0.2, 0.25) is 0 Å². The van der Waals surface area contributed by atoms with Crippen molar-refractivity contribution in [2.75, 3.05) is 0 Å². The van der Waals surface area contributed by atoms with E-state index in [0.717, 1.165) is 0 Å². The molecular formula is C16H22Cl2Ti. The number of hydrogen-bond acceptors (Lipinski definition) is 0. The first kappa shape index (κ1) is 19.3. The molecule has 2 aliphatic rings. The van der Waals surface area contributed by atoms with E-state index in [0.29, 0.717) is 0 Å². The second-order valence-electron chi connectivity index (χ2n) is 5.50. The van der Waals surface area contributed by atoms with Crippen LogP contribution in [0.5, 0.6) is 0 Å². The SMILES string of the molecule is CC1=C(C)C(C)=[C]([Ti+2][C]2=C(C)C(C)=C(C)C2)C1.[Cl-].[Cl-]. The van der Waals surface area contributed by atoms with E-state index in [4.69, 9.17) is 0 Å². The summed E-state index contributed by atoms with van der Waals surface area (Å²) in [5, 5.41) is 0. The molecule has 2 rings (SSSR count). The zero-order valence-corrected chi connectivity index (χ0v) is 15.7. The van der Waals surface area contributed by atoms with Gasteiger partial charge in [-0.15, -0.1) is 0 Å². The predicted octanol–water partition coefficient (Wildman–Crippen LogP) is -0.895. The molecule has 0 spiro atoms. The Bertz CT molecular complexity index is 459. The van der Waals surface area contributed by atoms with Crippen molar-refractivity contribution in [2.45, 2.75) is 54.4 Å². The minimum Gasteiger partial charge on any atom is -1.00 e. The maximum atomic E-state index is 2.32. The van der Waals surface area contributed by atoms with Gasteiger partial charge in [-0.05, 0) is 0 Å². The first-order valence-corrected chi connectivity index (χ1v) is 7.98. The Morgan fingerprint density at radius 1 is 0.579 bits per heavy atom. The van der Waals surface area contributed by atoms with Crippen LogP contribution in [0.1, 0.15) is 54.4 Å². The third-order valence-corrected chi connectivity index (χ3v) is 7.16. The second-order valence-corrected chi connectivity index (χ2v) is 7.77. The van der Waals surface area contributed by atoms with Crippen molar-refractivity contribution in [2.24, 2.45) is 0 Å². The molecule has 0 saturated heterocycles. The minimum absolute atomic E-state index is 0. The summed E-state index contributed by atoms with van der Waals surface area (Å²) in [4.78, 5) is 0. The normalized spacial score (nSPS) is 18.8. The molecule has 0 atom stereocenters. The fraction of sp³-hybridized carbons (Fsp3) is 0.500. The van der Waals surface area contributed by atoms with E-state index in [1.807, 2.05) is 0 Å². The van der Waals surface area contributed by atoms with Crippen molar-refractivity contribution in [3.8, 4) is 0 Å². The molecule has 0 radical (unpaired) electrons. The van der Waals surface area contributed by atoms with E-state index in [2.05, 4.69) is 41.5 Å². The second kappa shape index (κ2) is 7.32. The zero-order chi connectivity index (χ0) is 12.7. The molecule has 0 fully saturated rings. The van der Waals surface area contributed by atoms with Crippen molar-refractivity contribution in [3.05, 3.63) is 41.2 Å². The van der Waals surface area contributed by atoms with E-state index in [-0.39, 0.29) is 44.0 Å². The van der Waals surface area contributed by atoms with Gasteiger partial charge in [-0.3, -0.25) is 0 Å². The molecule has 0 aromatic carbocycles. The van der Waals surface area contributed by atoms with Gasteiger partial charge in [-0.1, -0.05) is 0 Å². The molecule has 0 aliphatic heterocycles. The van der Waals surface area contributed by atoms with Crippen LogP contribution >= 0.6 is 0 Å². The van der Waals surface area contributed by atoms with Crippen LogP contribution in [-0.2, 0) is 19.2 Å². The summed E-state index contributed by atoms with van der Waals surface area (Å²) < 4.78 is 3.55. The Balaban J connectivity index is 0.00000162. The maximum absolute atomic E-state index is 2.32. The van der Waals surface area contributed by atoms with Crippen LogP contribution in [-0.4, -0.2) is 0 Å². The smallest absolute Gasteiger partial charge is 1.00 e.